The molecule has 2 aromatic rings. The molecule has 1 atom stereocenters. The zero-order valence-electron chi connectivity index (χ0n) is 10.2. The lowest BCUT2D eigenvalue weighted by atomic mass is 10.1. The molecule has 2 nitrogen and oxygen atoms in total. The maximum absolute atomic E-state index is 8.81. The first-order valence-electron chi connectivity index (χ1n) is 5.74. The molecule has 0 radical (unpaired) electrons. The van der Waals surface area contributed by atoms with Gasteiger partial charge in [0.1, 0.15) is 0 Å². The van der Waals surface area contributed by atoms with Gasteiger partial charge in [-0.3, -0.25) is 0 Å². The number of benzene rings is 1. The molecule has 0 bridgehead atoms. The number of nitriles is 1. The van der Waals surface area contributed by atoms with E-state index in [-0.39, 0.29) is 5.92 Å². The van der Waals surface area contributed by atoms with Gasteiger partial charge >= 0.3 is 0 Å². The SMILES string of the molecule is CC(C#N)CN(C)Cc1csc2ccccc12. The first-order chi connectivity index (χ1) is 8.20. The third-order valence-corrected chi connectivity index (χ3v) is 3.82. The van der Waals surface area contributed by atoms with Gasteiger partial charge in [0.05, 0.1) is 12.0 Å². The van der Waals surface area contributed by atoms with Crippen LogP contribution in [0.25, 0.3) is 10.1 Å². The maximum atomic E-state index is 8.81. The molecule has 0 amide bonds. The smallest absolute Gasteiger partial charge is 0.0666 e. The van der Waals surface area contributed by atoms with Crippen LogP contribution in [0.3, 0.4) is 0 Å². The number of fused-ring (bicyclic) bond motifs is 1. The lowest BCUT2D eigenvalue weighted by Crippen LogP contribution is -2.23. The van der Waals surface area contributed by atoms with Crippen molar-refractivity contribution in [2.75, 3.05) is 13.6 Å². The molecule has 0 aliphatic carbocycles. The molecule has 1 heterocycles. The number of thiophene rings is 1. The molecule has 0 N–H and O–H groups in total. The number of nitrogens with zero attached hydrogens (tertiary/aromatic N) is 2. The van der Waals surface area contributed by atoms with Crippen LogP contribution in [-0.4, -0.2) is 18.5 Å². The molecule has 0 saturated carbocycles. The summed E-state index contributed by atoms with van der Waals surface area (Å²) in [4.78, 5) is 2.21. The Morgan fingerprint density at radius 2 is 2.18 bits per heavy atom. The van der Waals surface area contributed by atoms with E-state index >= 15 is 0 Å². The second-order valence-electron chi connectivity index (χ2n) is 4.48. The van der Waals surface area contributed by atoms with Crippen molar-refractivity contribution in [3.05, 3.63) is 35.2 Å². The molecule has 1 aromatic carbocycles. The number of hydrogen-bond donors (Lipinski definition) is 0. The Bertz CT molecular complexity index is 538. The van der Waals surface area contributed by atoms with E-state index in [2.05, 4.69) is 47.7 Å². The van der Waals surface area contributed by atoms with E-state index in [0.29, 0.717) is 0 Å². The Kier molecular flexibility index (Phi) is 3.78. The summed E-state index contributed by atoms with van der Waals surface area (Å²) >= 11 is 1.79. The third-order valence-electron chi connectivity index (χ3n) is 2.81. The van der Waals surface area contributed by atoms with Gasteiger partial charge in [0.15, 0.2) is 0 Å². The topological polar surface area (TPSA) is 27.0 Å². The second-order valence-corrected chi connectivity index (χ2v) is 5.40. The minimum Gasteiger partial charge on any atom is -0.301 e. The zero-order valence-corrected chi connectivity index (χ0v) is 11.0. The summed E-state index contributed by atoms with van der Waals surface area (Å²) in [5, 5.41) is 12.4. The van der Waals surface area contributed by atoms with E-state index in [1.54, 1.807) is 11.3 Å². The summed E-state index contributed by atoms with van der Waals surface area (Å²) in [6.07, 6.45) is 0. The first-order valence-corrected chi connectivity index (χ1v) is 6.62. The van der Waals surface area contributed by atoms with Crippen LogP contribution in [0.2, 0.25) is 0 Å². The van der Waals surface area contributed by atoms with Gasteiger partial charge in [-0.25, -0.2) is 0 Å². The quantitative estimate of drug-likeness (QED) is 0.823. The van der Waals surface area contributed by atoms with E-state index in [1.165, 1.54) is 15.6 Å². The fraction of sp³-hybridized carbons (Fsp3) is 0.357. The molecule has 17 heavy (non-hydrogen) atoms. The molecule has 0 saturated heterocycles. The molecule has 3 heteroatoms. The van der Waals surface area contributed by atoms with E-state index < -0.39 is 0 Å². The van der Waals surface area contributed by atoms with Crippen molar-refractivity contribution in [2.24, 2.45) is 5.92 Å². The minimum absolute atomic E-state index is 0.0879. The number of rotatable bonds is 4. The third kappa shape index (κ3) is 2.85. The molecule has 88 valence electrons. The summed E-state index contributed by atoms with van der Waals surface area (Å²) in [5.74, 6) is 0.0879. The van der Waals surface area contributed by atoms with Crippen LogP contribution in [0.1, 0.15) is 12.5 Å². The molecule has 1 aromatic heterocycles. The van der Waals surface area contributed by atoms with Crippen molar-refractivity contribution in [1.29, 1.82) is 5.26 Å². The minimum atomic E-state index is 0.0879. The second kappa shape index (κ2) is 5.31. The lowest BCUT2D eigenvalue weighted by molar-refractivity contribution is 0.304. The van der Waals surface area contributed by atoms with Crippen LogP contribution in [0.4, 0.5) is 0 Å². The summed E-state index contributed by atoms with van der Waals surface area (Å²) in [6, 6.07) is 10.8. The Balaban J connectivity index is 2.11. The van der Waals surface area contributed by atoms with Gasteiger partial charge in [-0.1, -0.05) is 18.2 Å². The fourth-order valence-corrected chi connectivity index (χ4v) is 2.97. The highest BCUT2D eigenvalue weighted by Crippen LogP contribution is 2.26. The summed E-state index contributed by atoms with van der Waals surface area (Å²) in [7, 11) is 2.07. The van der Waals surface area contributed by atoms with Gasteiger partial charge in [0.25, 0.3) is 0 Å². The van der Waals surface area contributed by atoms with Crippen molar-refractivity contribution in [3.63, 3.8) is 0 Å². The van der Waals surface area contributed by atoms with Crippen LogP contribution in [-0.2, 0) is 6.54 Å². The van der Waals surface area contributed by atoms with Gasteiger partial charge in [-0.05, 0) is 36.4 Å². The van der Waals surface area contributed by atoms with Crippen LogP contribution in [0, 0.1) is 17.2 Å². The Labute approximate surface area is 106 Å². The Morgan fingerprint density at radius 1 is 1.41 bits per heavy atom. The van der Waals surface area contributed by atoms with Crippen LogP contribution in [0.15, 0.2) is 29.6 Å². The first kappa shape index (κ1) is 12.1. The van der Waals surface area contributed by atoms with Crippen LogP contribution >= 0.6 is 11.3 Å². The normalized spacial score (nSPS) is 12.8. The average Bonchev–Trinajstić information content (AvgIpc) is 2.72. The largest absolute Gasteiger partial charge is 0.301 e. The number of hydrogen-bond acceptors (Lipinski definition) is 3. The highest BCUT2D eigenvalue weighted by Gasteiger charge is 2.09. The molecule has 0 aliphatic heterocycles. The lowest BCUT2D eigenvalue weighted by Gasteiger charge is -2.17. The Morgan fingerprint density at radius 3 is 2.94 bits per heavy atom. The predicted octanol–water partition coefficient (Wildman–Crippen LogP) is 3.49. The monoisotopic (exact) mass is 244 g/mol. The van der Waals surface area contributed by atoms with Crippen LogP contribution in [0.5, 0.6) is 0 Å². The summed E-state index contributed by atoms with van der Waals surface area (Å²) < 4.78 is 1.34. The van der Waals surface area contributed by atoms with Crippen molar-refractivity contribution >= 4 is 21.4 Å². The van der Waals surface area contributed by atoms with Gasteiger partial charge in [0, 0.05) is 17.8 Å². The van der Waals surface area contributed by atoms with Crippen molar-refractivity contribution in [3.8, 4) is 6.07 Å². The van der Waals surface area contributed by atoms with E-state index in [9.17, 15) is 0 Å². The fourth-order valence-electron chi connectivity index (χ4n) is 2.02. The average molecular weight is 244 g/mol. The maximum Gasteiger partial charge on any atom is 0.0666 e. The van der Waals surface area contributed by atoms with Crippen LogP contribution < -0.4 is 0 Å². The highest BCUT2D eigenvalue weighted by molar-refractivity contribution is 7.17. The summed E-state index contributed by atoms with van der Waals surface area (Å²) in [5.41, 5.74) is 1.36. The van der Waals surface area contributed by atoms with Gasteiger partial charge in [0.2, 0.25) is 0 Å². The van der Waals surface area contributed by atoms with E-state index in [0.717, 1.165) is 13.1 Å². The van der Waals surface area contributed by atoms with E-state index in [1.807, 2.05) is 6.92 Å². The van der Waals surface area contributed by atoms with Gasteiger partial charge in [-0.2, -0.15) is 5.26 Å². The Hall–Kier alpha value is -1.37. The molecular weight excluding hydrogens is 228 g/mol. The molecule has 1 unspecified atom stereocenters. The molecule has 0 spiro atoms. The standard InChI is InChI=1S/C14H16N2S/c1-11(7-15)8-16(2)9-12-10-17-14-6-4-3-5-13(12)14/h3-6,10-11H,8-9H2,1-2H3. The molecule has 0 fully saturated rings. The molecule has 2 rings (SSSR count). The van der Waals surface area contributed by atoms with Crippen molar-refractivity contribution < 1.29 is 0 Å². The summed E-state index contributed by atoms with van der Waals surface area (Å²) in [6.45, 7) is 3.69. The van der Waals surface area contributed by atoms with Crippen molar-refractivity contribution in [1.82, 2.24) is 4.90 Å². The zero-order chi connectivity index (χ0) is 12.3. The van der Waals surface area contributed by atoms with E-state index in [4.69, 9.17) is 5.26 Å². The highest BCUT2D eigenvalue weighted by atomic mass is 32.1. The molecule has 0 aliphatic rings. The van der Waals surface area contributed by atoms with Gasteiger partial charge < -0.3 is 4.90 Å². The predicted molar refractivity (Wildman–Crippen MR) is 72.9 cm³/mol. The molecular formula is C14H16N2S. The van der Waals surface area contributed by atoms with Crippen molar-refractivity contribution in [2.45, 2.75) is 13.5 Å². The van der Waals surface area contributed by atoms with Gasteiger partial charge in [-0.15, -0.1) is 11.3 Å².